The largest absolute Gasteiger partial charge is 0.494 e. The van der Waals surface area contributed by atoms with E-state index in [1.807, 2.05) is 43.5 Å². The number of carbonyl (C=O) groups excluding carboxylic acids is 2. The number of ether oxygens (including phenoxy) is 1. The molecule has 2 amide bonds. The summed E-state index contributed by atoms with van der Waals surface area (Å²) in [6, 6.07) is 13.8. The van der Waals surface area contributed by atoms with E-state index in [0.717, 1.165) is 42.0 Å². The number of unbranched alkanes of at least 4 members (excludes halogenated alkanes) is 1. The minimum atomic E-state index is -0.484. The number of carbonyl (C=O) groups is 2. The van der Waals surface area contributed by atoms with Crippen molar-refractivity contribution in [1.82, 2.24) is 20.8 Å². The van der Waals surface area contributed by atoms with Crippen LogP contribution in [0.4, 0.5) is 9.52 Å². The van der Waals surface area contributed by atoms with E-state index in [9.17, 15) is 14.0 Å². The Morgan fingerprint density at radius 3 is 2.54 bits per heavy atom. The number of nitrogens with one attached hydrogen (secondary N) is 3. The van der Waals surface area contributed by atoms with Gasteiger partial charge in [0.2, 0.25) is 16.9 Å². The van der Waals surface area contributed by atoms with Crippen LogP contribution in [0.5, 0.6) is 5.75 Å². The third-order valence-electron chi connectivity index (χ3n) is 5.66. The molecule has 2 aromatic carbocycles. The van der Waals surface area contributed by atoms with Gasteiger partial charge >= 0.3 is 0 Å². The second-order valence-electron chi connectivity index (χ2n) is 8.68. The Morgan fingerprint density at radius 1 is 1.03 bits per heavy atom. The maximum absolute atomic E-state index is 13.5. The topological polar surface area (TPSA) is 131 Å². The Bertz CT molecular complexity index is 1310. The minimum Gasteiger partial charge on any atom is -0.494 e. The van der Waals surface area contributed by atoms with Gasteiger partial charge in [-0.05, 0) is 54.7 Å². The van der Waals surface area contributed by atoms with Crippen molar-refractivity contribution in [3.63, 3.8) is 0 Å². The standard InChI is InChI=1S/C28H33FN6O3S/c1-31-21(13-15-24(30)32-25(36)18-20-12-14-22(29)23(16-20)38-2)10-6-7-11-27-34-35-28(39-27)33-26(37)17-19-8-4-3-5-9-19/h3-5,8-9,12-16,31H,6-7,10-11,17-18,30H2,1-2H3,(H,32,36)(H,33,35,37)/b21-13-,24-15+. The molecule has 11 heteroatoms. The molecule has 0 radical (unpaired) electrons. The Balaban J connectivity index is 1.39. The molecule has 206 valence electrons. The number of nitrogens with zero attached hydrogens (tertiary/aromatic N) is 2. The van der Waals surface area contributed by atoms with E-state index in [2.05, 4.69) is 26.1 Å². The second-order valence-corrected chi connectivity index (χ2v) is 9.74. The minimum absolute atomic E-state index is 0.0395. The molecule has 1 heterocycles. The van der Waals surface area contributed by atoms with Gasteiger partial charge < -0.3 is 26.4 Å². The second kappa shape index (κ2) is 15.2. The molecular formula is C28H33FN6O3S. The molecule has 3 rings (SSSR count). The molecule has 0 spiro atoms. The fourth-order valence-electron chi connectivity index (χ4n) is 3.67. The first-order chi connectivity index (χ1) is 18.9. The number of methoxy groups -OCH3 is 1. The smallest absolute Gasteiger partial charge is 0.230 e. The van der Waals surface area contributed by atoms with Gasteiger partial charge in [0, 0.05) is 19.2 Å². The number of aromatic nitrogens is 2. The number of aryl methyl sites for hydroxylation is 1. The van der Waals surface area contributed by atoms with Crippen molar-refractivity contribution in [3.8, 4) is 5.75 Å². The van der Waals surface area contributed by atoms with E-state index < -0.39 is 5.82 Å². The Morgan fingerprint density at radius 2 is 1.79 bits per heavy atom. The summed E-state index contributed by atoms with van der Waals surface area (Å²) >= 11 is 1.38. The molecule has 0 saturated heterocycles. The van der Waals surface area contributed by atoms with E-state index >= 15 is 0 Å². The molecule has 0 aliphatic carbocycles. The third kappa shape index (κ3) is 10.2. The maximum Gasteiger partial charge on any atom is 0.230 e. The predicted molar refractivity (Wildman–Crippen MR) is 150 cm³/mol. The molecule has 3 aromatic rings. The summed E-state index contributed by atoms with van der Waals surface area (Å²) in [5.41, 5.74) is 8.47. The lowest BCUT2D eigenvalue weighted by molar-refractivity contribution is -0.119. The fraction of sp³-hybridized carbons (Fsp3) is 0.286. The van der Waals surface area contributed by atoms with Crippen LogP contribution in [0.2, 0.25) is 0 Å². The third-order valence-corrected chi connectivity index (χ3v) is 6.56. The van der Waals surface area contributed by atoms with Gasteiger partial charge in [-0.15, -0.1) is 10.2 Å². The van der Waals surface area contributed by atoms with E-state index in [1.54, 1.807) is 6.08 Å². The SMILES string of the molecule is CN/C(=C\C=C(/N)NC(=O)Cc1ccc(F)c(OC)c1)CCCCc1nnc(NC(=O)Cc2ccccc2)s1. The quantitative estimate of drug-likeness (QED) is 0.177. The number of rotatable bonds is 14. The maximum atomic E-state index is 13.5. The molecule has 0 atom stereocenters. The van der Waals surface area contributed by atoms with Gasteiger partial charge in [-0.2, -0.15) is 0 Å². The molecule has 39 heavy (non-hydrogen) atoms. The van der Waals surface area contributed by atoms with Crippen LogP contribution in [0, 0.1) is 5.82 Å². The van der Waals surface area contributed by atoms with Gasteiger partial charge in [0.15, 0.2) is 11.6 Å². The van der Waals surface area contributed by atoms with Crippen molar-refractivity contribution >= 4 is 28.3 Å². The van der Waals surface area contributed by atoms with Gasteiger partial charge in [-0.1, -0.05) is 47.7 Å². The molecule has 9 nitrogen and oxygen atoms in total. The molecular weight excluding hydrogens is 519 g/mol. The number of hydrogen-bond acceptors (Lipinski definition) is 8. The van der Waals surface area contributed by atoms with Crippen LogP contribution >= 0.6 is 11.3 Å². The van der Waals surface area contributed by atoms with Crippen LogP contribution in [-0.4, -0.2) is 36.2 Å². The first kappa shape index (κ1) is 29.3. The van der Waals surface area contributed by atoms with Crippen LogP contribution in [0.25, 0.3) is 0 Å². The summed E-state index contributed by atoms with van der Waals surface area (Å²) in [5.74, 6) is -0.626. The van der Waals surface area contributed by atoms with Crippen molar-refractivity contribution in [1.29, 1.82) is 0 Å². The molecule has 1 aromatic heterocycles. The van der Waals surface area contributed by atoms with Crippen molar-refractivity contribution in [2.24, 2.45) is 5.73 Å². The molecule has 0 bridgehead atoms. The summed E-state index contributed by atoms with van der Waals surface area (Å²) in [6.07, 6.45) is 7.11. The lowest BCUT2D eigenvalue weighted by atomic mass is 10.1. The molecule has 0 aliphatic rings. The highest BCUT2D eigenvalue weighted by Crippen LogP contribution is 2.19. The zero-order chi connectivity index (χ0) is 28.0. The van der Waals surface area contributed by atoms with Crippen molar-refractivity contribution < 1.29 is 18.7 Å². The number of anilines is 1. The summed E-state index contributed by atoms with van der Waals surface area (Å²) in [6.45, 7) is 0. The summed E-state index contributed by atoms with van der Waals surface area (Å²) < 4.78 is 18.5. The highest BCUT2D eigenvalue weighted by atomic mass is 32.1. The monoisotopic (exact) mass is 552 g/mol. The summed E-state index contributed by atoms with van der Waals surface area (Å²) in [5, 5.41) is 18.2. The lowest BCUT2D eigenvalue weighted by Crippen LogP contribution is -2.28. The van der Waals surface area contributed by atoms with E-state index in [1.165, 1.54) is 36.6 Å². The molecule has 0 saturated carbocycles. The molecule has 0 aliphatic heterocycles. The number of halogens is 1. The van der Waals surface area contributed by atoms with Crippen LogP contribution < -0.4 is 26.4 Å². The van der Waals surface area contributed by atoms with Crippen molar-refractivity contribution in [2.45, 2.75) is 38.5 Å². The highest BCUT2D eigenvalue weighted by molar-refractivity contribution is 7.15. The number of benzene rings is 2. The van der Waals surface area contributed by atoms with Gasteiger partial charge in [0.1, 0.15) is 10.8 Å². The van der Waals surface area contributed by atoms with E-state index in [-0.39, 0.29) is 29.8 Å². The normalized spacial score (nSPS) is 11.7. The van der Waals surface area contributed by atoms with Gasteiger partial charge in [0.25, 0.3) is 0 Å². The van der Waals surface area contributed by atoms with E-state index in [4.69, 9.17) is 10.5 Å². The van der Waals surface area contributed by atoms with Crippen LogP contribution in [0.3, 0.4) is 0 Å². The predicted octanol–water partition coefficient (Wildman–Crippen LogP) is 3.84. The highest BCUT2D eigenvalue weighted by Gasteiger charge is 2.10. The zero-order valence-electron chi connectivity index (χ0n) is 22.0. The Labute approximate surface area is 231 Å². The zero-order valence-corrected chi connectivity index (χ0v) is 22.8. The number of allylic oxidation sites excluding steroid dienone is 3. The van der Waals surface area contributed by atoms with Gasteiger partial charge in [-0.3, -0.25) is 9.59 Å². The summed E-state index contributed by atoms with van der Waals surface area (Å²) in [7, 11) is 3.20. The summed E-state index contributed by atoms with van der Waals surface area (Å²) in [4.78, 5) is 24.5. The van der Waals surface area contributed by atoms with Crippen molar-refractivity contribution in [2.75, 3.05) is 19.5 Å². The first-order valence-corrected chi connectivity index (χ1v) is 13.3. The first-order valence-electron chi connectivity index (χ1n) is 12.5. The van der Waals surface area contributed by atoms with Crippen LogP contribution in [-0.2, 0) is 28.9 Å². The molecule has 0 unspecified atom stereocenters. The van der Waals surface area contributed by atoms with Gasteiger partial charge in [0.05, 0.1) is 20.0 Å². The average molecular weight is 553 g/mol. The fourth-order valence-corrected chi connectivity index (χ4v) is 4.47. The molecule has 0 fully saturated rings. The Hall–Kier alpha value is -4.25. The number of amides is 2. The van der Waals surface area contributed by atoms with E-state index in [0.29, 0.717) is 17.1 Å². The molecule has 5 N–H and O–H groups in total. The number of hydrogen-bond donors (Lipinski definition) is 4. The average Bonchev–Trinajstić information content (AvgIpc) is 3.36. The van der Waals surface area contributed by atoms with Crippen LogP contribution in [0.1, 0.15) is 35.4 Å². The lowest BCUT2D eigenvalue weighted by Gasteiger charge is -2.08. The van der Waals surface area contributed by atoms with Crippen molar-refractivity contribution in [3.05, 3.63) is 94.2 Å². The van der Waals surface area contributed by atoms with Crippen LogP contribution in [0.15, 0.2) is 72.2 Å². The van der Waals surface area contributed by atoms with Gasteiger partial charge in [-0.25, -0.2) is 4.39 Å². The number of nitrogens with two attached hydrogens (primary N) is 1. The Kier molecular flexibility index (Phi) is 11.4.